The highest BCUT2D eigenvalue weighted by Crippen LogP contribution is 2.45. The number of carbonyl (C=O) groups is 3. The lowest BCUT2D eigenvalue weighted by Crippen LogP contribution is -2.51. The Morgan fingerprint density at radius 2 is 1.93 bits per heavy atom. The summed E-state index contributed by atoms with van der Waals surface area (Å²) in [4.78, 5) is 34.9. The van der Waals surface area contributed by atoms with E-state index < -0.39 is 18.5 Å². The summed E-state index contributed by atoms with van der Waals surface area (Å²) in [5, 5.41) is 0. The average molecular weight is 390 g/mol. The summed E-state index contributed by atoms with van der Waals surface area (Å²) in [6, 6.07) is 0. The molecule has 28 heavy (non-hydrogen) atoms. The Balaban J connectivity index is 2.29. The molecule has 0 aromatic heterocycles. The smallest absolute Gasteiger partial charge is 0.308 e. The monoisotopic (exact) mass is 390 g/mol. The van der Waals surface area contributed by atoms with Crippen molar-refractivity contribution in [3.05, 3.63) is 35.5 Å². The van der Waals surface area contributed by atoms with Crippen LogP contribution in [0.5, 0.6) is 0 Å². The molecule has 0 aromatic carbocycles. The van der Waals surface area contributed by atoms with Gasteiger partial charge in [-0.1, -0.05) is 29.9 Å². The van der Waals surface area contributed by atoms with Crippen molar-refractivity contribution in [2.24, 2.45) is 11.8 Å². The number of Topliss-reactive ketones (excluding diaryl/α,β-unsaturated/α-hetero) is 1. The van der Waals surface area contributed by atoms with Crippen molar-refractivity contribution in [3.63, 3.8) is 0 Å². The zero-order valence-electron chi connectivity index (χ0n) is 17.2. The van der Waals surface area contributed by atoms with Gasteiger partial charge in [-0.3, -0.25) is 14.3 Å². The first-order valence-corrected chi connectivity index (χ1v) is 9.71. The Bertz CT molecular complexity index is 698. The summed E-state index contributed by atoms with van der Waals surface area (Å²) >= 11 is 0. The number of allylic oxidation sites excluding steroid dienone is 3. The molecule has 4 atom stereocenters. The van der Waals surface area contributed by atoms with Gasteiger partial charge in [0.15, 0.2) is 0 Å². The van der Waals surface area contributed by atoms with E-state index in [-0.39, 0.29) is 30.0 Å². The fourth-order valence-corrected chi connectivity index (χ4v) is 3.70. The number of esters is 2. The molecule has 2 rings (SSSR count). The Morgan fingerprint density at radius 1 is 1.21 bits per heavy atom. The summed E-state index contributed by atoms with van der Waals surface area (Å²) in [6.45, 7) is 11.1. The Labute approximate surface area is 166 Å². The molecular formula is C22H30O6. The van der Waals surface area contributed by atoms with E-state index >= 15 is 0 Å². The van der Waals surface area contributed by atoms with E-state index in [2.05, 4.69) is 12.7 Å². The van der Waals surface area contributed by atoms with E-state index in [0.717, 1.165) is 11.1 Å². The third kappa shape index (κ3) is 5.89. The minimum Gasteiger partial charge on any atom is -0.435 e. The van der Waals surface area contributed by atoms with Crippen molar-refractivity contribution < 1.29 is 28.6 Å². The van der Waals surface area contributed by atoms with Gasteiger partial charge >= 0.3 is 11.9 Å². The van der Waals surface area contributed by atoms with Gasteiger partial charge in [-0.05, 0) is 45.6 Å². The molecule has 2 aliphatic rings. The Kier molecular flexibility index (Phi) is 7.75. The molecule has 0 N–H and O–H groups in total. The lowest BCUT2D eigenvalue weighted by atomic mass is 9.74. The van der Waals surface area contributed by atoms with Gasteiger partial charge in [0.05, 0.1) is 6.42 Å². The van der Waals surface area contributed by atoms with Crippen LogP contribution >= 0.6 is 0 Å². The number of ether oxygens (including phenoxy) is 3. The van der Waals surface area contributed by atoms with Gasteiger partial charge in [-0.25, -0.2) is 0 Å². The van der Waals surface area contributed by atoms with Crippen LogP contribution in [0.15, 0.2) is 35.5 Å². The molecule has 6 heteroatoms. The van der Waals surface area contributed by atoms with Gasteiger partial charge in [0, 0.05) is 25.2 Å². The predicted octanol–water partition coefficient (Wildman–Crippen LogP) is 4.01. The van der Waals surface area contributed by atoms with Crippen LogP contribution < -0.4 is 0 Å². The van der Waals surface area contributed by atoms with Crippen LogP contribution in [-0.4, -0.2) is 30.3 Å². The summed E-state index contributed by atoms with van der Waals surface area (Å²) in [7, 11) is 0. The molecule has 0 amide bonds. The minimum atomic E-state index is -0.856. The summed E-state index contributed by atoms with van der Waals surface area (Å²) < 4.78 is 16.6. The van der Waals surface area contributed by atoms with Crippen molar-refractivity contribution in [2.75, 3.05) is 0 Å². The molecular weight excluding hydrogens is 360 g/mol. The second-order valence-electron chi connectivity index (χ2n) is 7.71. The third-order valence-electron chi connectivity index (χ3n) is 4.97. The highest BCUT2D eigenvalue weighted by atomic mass is 16.8. The van der Waals surface area contributed by atoms with E-state index in [1.54, 1.807) is 6.92 Å². The molecule has 2 bridgehead atoms. The molecule has 4 unspecified atom stereocenters. The minimum absolute atomic E-state index is 0.118. The number of hydrogen-bond acceptors (Lipinski definition) is 6. The molecule has 2 heterocycles. The molecule has 0 aromatic rings. The molecule has 2 fully saturated rings. The van der Waals surface area contributed by atoms with Gasteiger partial charge in [0.2, 0.25) is 12.6 Å². The highest BCUT2D eigenvalue weighted by molar-refractivity contribution is 5.75. The van der Waals surface area contributed by atoms with Gasteiger partial charge in [0.25, 0.3) is 0 Å². The fraction of sp³-hybridized carbons (Fsp3) is 0.591. The highest BCUT2D eigenvalue weighted by Gasteiger charge is 2.49. The van der Waals surface area contributed by atoms with Gasteiger partial charge < -0.3 is 14.3 Å². The molecule has 0 saturated carbocycles. The van der Waals surface area contributed by atoms with E-state index in [1.807, 2.05) is 19.9 Å². The molecule has 0 radical (unpaired) electrons. The lowest BCUT2D eigenvalue weighted by Gasteiger charge is -2.45. The topological polar surface area (TPSA) is 78.9 Å². The van der Waals surface area contributed by atoms with Crippen molar-refractivity contribution in [3.8, 4) is 0 Å². The zero-order valence-corrected chi connectivity index (χ0v) is 17.2. The summed E-state index contributed by atoms with van der Waals surface area (Å²) in [5.41, 5.74) is 2.90. The van der Waals surface area contributed by atoms with E-state index in [0.29, 0.717) is 25.7 Å². The van der Waals surface area contributed by atoms with Crippen LogP contribution in [0.3, 0.4) is 0 Å². The first kappa shape index (κ1) is 22.1. The van der Waals surface area contributed by atoms with Gasteiger partial charge in [0.1, 0.15) is 5.78 Å². The van der Waals surface area contributed by atoms with Crippen LogP contribution in [0.4, 0.5) is 0 Å². The molecule has 2 saturated heterocycles. The standard InChI is InChI=1S/C22H30O6/c1-13(2)8-6-11-17-18-12-19(25)27-21(17)28-22(26-16(5)24)20(18)14(3)9-7-10-15(4)23/h8,11,18,20-22H,3,6-7,9-10,12H2,1-2,4-5H3. The maximum absolute atomic E-state index is 12.1. The number of fused-ring (bicyclic) bond motifs is 2. The van der Waals surface area contributed by atoms with Crippen LogP contribution in [0.2, 0.25) is 0 Å². The number of hydrogen-bond donors (Lipinski definition) is 0. The summed E-state index contributed by atoms with van der Waals surface area (Å²) in [5.74, 6) is -1.23. The number of ketones is 1. The normalized spacial score (nSPS) is 27.7. The molecule has 0 aliphatic carbocycles. The van der Waals surface area contributed by atoms with E-state index in [4.69, 9.17) is 14.2 Å². The van der Waals surface area contributed by atoms with Crippen molar-refractivity contribution in [1.29, 1.82) is 0 Å². The molecule has 6 nitrogen and oxygen atoms in total. The maximum atomic E-state index is 12.1. The lowest BCUT2D eigenvalue weighted by molar-refractivity contribution is -0.268. The molecule has 0 spiro atoms. The Morgan fingerprint density at radius 3 is 2.54 bits per heavy atom. The second kappa shape index (κ2) is 9.82. The average Bonchev–Trinajstić information content (AvgIpc) is 2.54. The Hall–Kier alpha value is -2.21. The van der Waals surface area contributed by atoms with Crippen molar-refractivity contribution >= 4 is 17.7 Å². The van der Waals surface area contributed by atoms with Gasteiger partial charge in [-0.15, -0.1) is 0 Å². The SMILES string of the molecule is C=C(CCCC(C)=O)C1C(OC(C)=O)OC2OC(=O)CC1C2=CCC=C(C)C. The van der Waals surface area contributed by atoms with Crippen LogP contribution in [0, 0.1) is 11.8 Å². The summed E-state index contributed by atoms with van der Waals surface area (Å²) in [6.07, 6.45) is 5.02. The zero-order chi connectivity index (χ0) is 20.8. The second-order valence-corrected chi connectivity index (χ2v) is 7.71. The maximum Gasteiger partial charge on any atom is 0.308 e. The van der Waals surface area contributed by atoms with E-state index in [1.165, 1.54) is 12.5 Å². The quantitative estimate of drug-likeness (QED) is 0.460. The molecule has 2 aliphatic heterocycles. The van der Waals surface area contributed by atoms with Crippen LogP contribution in [0.1, 0.15) is 59.8 Å². The number of carbonyl (C=O) groups excluding carboxylic acids is 3. The molecule has 154 valence electrons. The van der Waals surface area contributed by atoms with Gasteiger partial charge in [-0.2, -0.15) is 0 Å². The number of rotatable bonds is 8. The van der Waals surface area contributed by atoms with Crippen LogP contribution in [-0.2, 0) is 28.6 Å². The first-order chi connectivity index (χ1) is 13.2. The van der Waals surface area contributed by atoms with Crippen LogP contribution in [0.25, 0.3) is 0 Å². The fourth-order valence-electron chi connectivity index (χ4n) is 3.70. The third-order valence-corrected chi connectivity index (χ3v) is 4.97. The largest absolute Gasteiger partial charge is 0.435 e. The van der Waals surface area contributed by atoms with Crippen molar-refractivity contribution in [1.82, 2.24) is 0 Å². The first-order valence-electron chi connectivity index (χ1n) is 9.71. The van der Waals surface area contributed by atoms with E-state index in [9.17, 15) is 14.4 Å². The predicted molar refractivity (Wildman–Crippen MR) is 104 cm³/mol. The van der Waals surface area contributed by atoms with Crippen molar-refractivity contribution in [2.45, 2.75) is 72.4 Å².